The molecule has 34 heavy (non-hydrogen) atoms. The lowest BCUT2D eigenvalue weighted by atomic mass is 10.2. The van der Waals surface area contributed by atoms with Gasteiger partial charge in [-0.2, -0.15) is 0 Å². The first-order valence-corrected chi connectivity index (χ1v) is 12.1. The van der Waals surface area contributed by atoms with E-state index in [9.17, 15) is 18.0 Å². The molecule has 0 radical (unpaired) electrons. The summed E-state index contributed by atoms with van der Waals surface area (Å²) in [6, 6.07) is 22.2. The molecule has 1 heterocycles. The van der Waals surface area contributed by atoms with Crippen molar-refractivity contribution in [2.75, 3.05) is 0 Å². The second-order valence-electron chi connectivity index (χ2n) is 7.54. The number of sulfonamides is 1. The number of amides is 2. The number of H-pyrrole nitrogens is 1. The molecule has 0 atom stereocenters. The summed E-state index contributed by atoms with van der Waals surface area (Å²) in [5.74, 6) is -0.358. The van der Waals surface area contributed by atoms with Crippen LogP contribution in [0.25, 0.3) is 11.0 Å². The van der Waals surface area contributed by atoms with Crippen LogP contribution in [0.2, 0.25) is 0 Å². The molecular weight excluding hydrogens is 454 g/mol. The number of imidazole rings is 1. The summed E-state index contributed by atoms with van der Waals surface area (Å²) >= 11 is 0. The van der Waals surface area contributed by atoms with Crippen LogP contribution in [0, 0.1) is 0 Å². The first-order chi connectivity index (χ1) is 16.4. The zero-order valence-electron chi connectivity index (χ0n) is 18.1. The third-order valence-corrected chi connectivity index (χ3v) is 6.46. The number of aromatic nitrogens is 2. The fraction of sp³-hybridized carbons (Fsp3) is 0.125. The number of hydrogen-bond acceptors (Lipinski definition) is 5. The van der Waals surface area contributed by atoms with Crippen molar-refractivity contribution < 1.29 is 18.0 Å². The minimum absolute atomic E-state index is 0.0488. The Labute approximate surface area is 196 Å². The molecule has 0 saturated heterocycles. The van der Waals surface area contributed by atoms with Crippen molar-refractivity contribution in [1.82, 2.24) is 25.5 Å². The van der Waals surface area contributed by atoms with Gasteiger partial charge in [-0.3, -0.25) is 20.4 Å². The number of carbonyl (C=O) groups excluding carboxylic acids is 2. The molecule has 174 valence electrons. The van der Waals surface area contributed by atoms with Gasteiger partial charge in [0.25, 0.3) is 5.91 Å². The van der Waals surface area contributed by atoms with E-state index in [-0.39, 0.29) is 23.4 Å². The SMILES string of the molecule is O=C(CCc1nc2ccccc2[nH]1)NNC(=O)c1cccc(S(=O)(=O)NCc2ccccc2)c1. The molecule has 0 fully saturated rings. The number of carbonyl (C=O) groups is 2. The highest BCUT2D eigenvalue weighted by Gasteiger charge is 2.16. The van der Waals surface area contributed by atoms with Gasteiger partial charge in [-0.25, -0.2) is 18.1 Å². The van der Waals surface area contributed by atoms with Crippen molar-refractivity contribution in [3.63, 3.8) is 0 Å². The molecule has 0 aliphatic heterocycles. The summed E-state index contributed by atoms with van der Waals surface area (Å²) in [6.07, 6.45) is 0.481. The molecule has 4 aromatic rings. The van der Waals surface area contributed by atoms with Gasteiger partial charge in [0.05, 0.1) is 15.9 Å². The van der Waals surface area contributed by atoms with E-state index >= 15 is 0 Å². The summed E-state index contributed by atoms with van der Waals surface area (Å²) in [5, 5.41) is 0. The maximum Gasteiger partial charge on any atom is 0.269 e. The number of nitrogens with zero attached hydrogens (tertiary/aromatic N) is 1. The number of fused-ring (bicyclic) bond motifs is 1. The van der Waals surface area contributed by atoms with E-state index in [0.717, 1.165) is 16.6 Å². The predicted molar refractivity (Wildman–Crippen MR) is 127 cm³/mol. The van der Waals surface area contributed by atoms with E-state index in [1.165, 1.54) is 24.3 Å². The molecule has 10 heteroatoms. The molecule has 0 unspecified atom stereocenters. The van der Waals surface area contributed by atoms with Crippen LogP contribution in [0.3, 0.4) is 0 Å². The van der Waals surface area contributed by atoms with E-state index in [0.29, 0.717) is 12.2 Å². The van der Waals surface area contributed by atoms with Crippen LogP contribution in [-0.4, -0.2) is 30.2 Å². The molecule has 3 aromatic carbocycles. The van der Waals surface area contributed by atoms with Gasteiger partial charge in [0.2, 0.25) is 15.9 Å². The van der Waals surface area contributed by atoms with Crippen LogP contribution in [0.15, 0.2) is 83.8 Å². The van der Waals surface area contributed by atoms with Crippen LogP contribution in [0.5, 0.6) is 0 Å². The number of benzene rings is 3. The van der Waals surface area contributed by atoms with Crippen LogP contribution in [-0.2, 0) is 27.8 Å². The van der Waals surface area contributed by atoms with Crippen molar-refractivity contribution in [1.29, 1.82) is 0 Å². The molecule has 9 nitrogen and oxygen atoms in total. The summed E-state index contributed by atoms with van der Waals surface area (Å²) in [6.45, 7) is 0.126. The van der Waals surface area contributed by atoms with Gasteiger partial charge in [-0.05, 0) is 35.9 Å². The molecule has 0 spiro atoms. The van der Waals surface area contributed by atoms with Gasteiger partial charge >= 0.3 is 0 Å². The van der Waals surface area contributed by atoms with Crippen molar-refractivity contribution >= 4 is 32.9 Å². The molecule has 4 rings (SSSR count). The Morgan fingerprint density at radius 3 is 2.44 bits per heavy atom. The number of hydrazine groups is 1. The summed E-state index contributed by atoms with van der Waals surface area (Å²) < 4.78 is 27.7. The zero-order valence-corrected chi connectivity index (χ0v) is 18.9. The normalized spacial score (nSPS) is 11.3. The monoisotopic (exact) mass is 477 g/mol. The van der Waals surface area contributed by atoms with Crippen molar-refractivity contribution in [3.8, 4) is 0 Å². The third-order valence-electron chi connectivity index (χ3n) is 5.06. The number of aromatic amines is 1. The number of aryl methyl sites for hydroxylation is 1. The molecule has 2 amide bonds. The van der Waals surface area contributed by atoms with E-state index in [1.54, 1.807) is 0 Å². The van der Waals surface area contributed by atoms with Crippen molar-refractivity contribution in [2.45, 2.75) is 24.3 Å². The second kappa shape index (κ2) is 10.3. The maximum atomic E-state index is 12.6. The summed E-state index contributed by atoms with van der Waals surface area (Å²) in [7, 11) is -3.82. The standard InChI is InChI=1S/C24H23N5O4S/c30-23(14-13-22-26-20-11-4-5-12-21(20)27-22)28-29-24(31)18-9-6-10-19(15-18)34(32,33)25-16-17-7-2-1-3-8-17/h1-12,15,25H,13-14,16H2,(H,26,27)(H,28,30)(H,29,31). The van der Waals surface area contributed by atoms with Crippen molar-refractivity contribution in [3.05, 3.63) is 95.8 Å². The minimum atomic E-state index is -3.82. The Bertz CT molecular complexity index is 1380. The lowest BCUT2D eigenvalue weighted by molar-refractivity contribution is -0.121. The minimum Gasteiger partial charge on any atom is -0.342 e. The molecule has 1 aromatic heterocycles. The van der Waals surface area contributed by atoms with Crippen molar-refractivity contribution in [2.24, 2.45) is 0 Å². The molecule has 0 aliphatic rings. The van der Waals surface area contributed by atoms with Gasteiger partial charge in [-0.15, -0.1) is 0 Å². The number of nitrogens with one attached hydrogen (secondary N) is 4. The number of hydrogen-bond donors (Lipinski definition) is 4. The van der Waals surface area contributed by atoms with Gasteiger partial charge in [0.1, 0.15) is 5.82 Å². The van der Waals surface area contributed by atoms with E-state index in [4.69, 9.17) is 0 Å². The Balaban J connectivity index is 1.30. The quantitative estimate of drug-likeness (QED) is 0.289. The Morgan fingerprint density at radius 2 is 1.65 bits per heavy atom. The Kier molecular flexibility index (Phi) is 7.00. The average Bonchev–Trinajstić information content (AvgIpc) is 3.29. The number of para-hydroxylation sites is 2. The van der Waals surface area contributed by atoms with Crippen LogP contribution in [0.4, 0.5) is 0 Å². The average molecular weight is 478 g/mol. The van der Waals surface area contributed by atoms with Gasteiger partial charge in [-0.1, -0.05) is 48.5 Å². The third kappa shape index (κ3) is 5.85. The molecule has 0 bridgehead atoms. The first kappa shape index (κ1) is 23.1. The summed E-state index contributed by atoms with van der Waals surface area (Å²) in [5.41, 5.74) is 7.27. The first-order valence-electron chi connectivity index (χ1n) is 10.6. The fourth-order valence-corrected chi connectivity index (χ4v) is 4.34. The number of rotatable bonds is 8. The molecule has 0 aliphatic carbocycles. The van der Waals surface area contributed by atoms with Gasteiger partial charge < -0.3 is 4.98 Å². The molecular formula is C24H23N5O4S. The second-order valence-corrected chi connectivity index (χ2v) is 9.31. The largest absolute Gasteiger partial charge is 0.342 e. The topological polar surface area (TPSA) is 133 Å². The lowest BCUT2D eigenvalue weighted by Crippen LogP contribution is -2.41. The van der Waals surface area contributed by atoms with Crippen LogP contribution < -0.4 is 15.6 Å². The molecule has 4 N–H and O–H groups in total. The van der Waals surface area contributed by atoms with E-state index in [1.807, 2.05) is 54.6 Å². The van der Waals surface area contributed by atoms with E-state index in [2.05, 4.69) is 25.5 Å². The van der Waals surface area contributed by atoms with E-state index < -0.39 is 21.8 Å². The van der Waals surface area contributed by atoms with Gasteiger partial charge in [0, 0.05) is 24.9 Å². The highest BCUT2D eigenvalue weighted by molar-refractivity contribution is 7.89. The maximum absolute atomic E-state index is 12.6. The highest BCUT2D eigenvalue weighted by atomic mass is 32.2. The van der Waals surface area contributed by atoms with Crippen LogP contribution in [0.1, 0.15) is 28.2 Å². The zero-order chi connectivity index (χ0) is 24.0. The smallest absolute Gasteiger partial charge is 0.269 e. The lowest BCUT2D eigenvalue weighted by Gasteiger charge is -2.10. The Hall–Kier alpha value is -4.02. The van der Waals surface area contributed by atoms with Gasteiger partial charge in [0.15, 0.2) is 0 Å². The molecule has 0 saturated carbocycles. The van der Waals surface area contributed by atoms with Crippen LogP contribution >= 0.6 is 0 Å². The fourth-order valence-electron chi connectivity index (χ4n) is 3.28. The Morgan fingerprint density at radius 1 is 0.882 bits per heavy atom. The summed E-state index contributed by atoms with van der Waals surface area (Å²) in [4.78, 5) is 32.1. The predicted octanol–water partition coefficient (Wildman–Crippen LogP) is 2.44. The highest BCUT2D eigenvalue weighted by Crippen LogP contribution is 2.13.